The molecule has 0 radical (unpaired) electrons. The van der Waals surface area contributed by atoms with E-state index < -0.39 is 0 Å². The number of pyridine rings is 1. The smallest absolute Gasteiger partial charge is 0.272 e. The molecule has 3 heterocycles. The number of halogens is 1. The molecule has 186 valence electrons. The van der Waals surface area contributed by atoms with Crippen LogP contribution in [-0.2, 0) is 10.5 Å². The number of anilines is 2. The molecule has 1 aromatic carbocycles. The number of hydrogen-bond acceptors (Lipinski definition) is 9. The van der Waals surface area contributed by atoms with Gasteiger partial charge in [0.05, 0.1) is 11.4 Å². The first kappa shape index (κ1) is 26.9. The number of piperazine rings is 1. The van der Waals surface area contributed by atoms with Crippen molar-refractivity contribution in [2.45, 2.75) is 17.8 Å². The number of nitrogens with zero attached hydrogens (tertiary/aromatic N) is 5. The van der Waals surface area contributed by atoms with Crippen LogP contribution in [0.3, 0.4) is 0 Å². The van der Waals surface area contributed by atoms with E-state index in [1.807, 2.05) is 12.1 Å². The van der Waals surface area contributed by atoms with Crippen molar-refractivity contribution in [2.75, 3.05) is 37.2 Å². The van der Waals surface area contributed by atoms with Crippen molar-refractivity contribution in [1.82, 2.24) is 25.2 Å². The van der Waals surface area contributed by atoms with Crippen LogP contribution in [0.5, 0.6) is 0 Å². The largest absolute Gasteiger partial charge is 0.382 e. The van der Waals surface area contributed by atoms with Crippen LogP contribution in [-0.4, -0.2) is 57.8 Å². The first-order valence-electron chi connectivity index (χ1n) is 11.0. The zero-order chi connectivity index (χ0) is 24.8. The number of carbonyl (C=O) groups excluding carboxylic acids is 2. The van der Waals surface area contributed by atoms with Gasteiger partial charge in [-0.3, -0.25) is 9.59 Å². The number of nitrogens with two attached hydrogens (primary N) is 1. The zero-order valence-corrected chi connectivity index (χ0v) is 21.2. The second-order valence-electron chi connectivity index (χ2n) is 7.83. The van der Waals surface area contributed by atoms with E-state index in [9.17, 15) is 14.9 Å². The molecular formula is C24H25ClN8O2S. The van der Waals surface area contributed by atoms with E-state index in [0.717, 1.165) is 13.1 Å². The van der Waals surface area contributed by atoms with Crippen LogP contribution in [0.25, 0.3) is 11.3 Å². The molecule has 0 atom stereocenters. The monoisotopic (exact) mass is 524 g/mol. The van der Waals surface area contributed by atoms with Gasteiger partial charge in [-0.25, -0.2) is 15.0 Å². The summed E-state index contributed by atoms with van der Waals surface area (Å²) in [4.78, 5) is 39.2. The number of nitriles is 1. The van der Waals surface area contributed by atoms with Gasteiger partial charge >= 0.3 is 0 Å². The number of thioether (sulfide) groups is 1. The van der Waals surface area contributed by atoms with Gasteiger partial charge in [0.25, 0.3) is 5.91 Å². The number of rotatable bonds is 6. The molecule has 0 aliphatic carbocycles. The van der Waals surface area contributed by atoms with Crippen molar-refractivity contribution in [2.24, 2.45) is 0 Å². The van der Waals surface area contributed by atoms with E-state index in [0.29, 0.717) is 52.3 Å². The zero-order valence-electron chi connectivity index (χ0n) is 19.5. The molecule has 0 bridgehead atoms. The Morgan fingerprint density at radius 1 is 1.14 bits per heavy atom. The molecule has 0 spiro atoms. The van der Waals surface area contributed by atoms with Crippen molar-refractivity contribution in [3.8, 4) is 17.3 Å². The van der Waals surface area contributed by atoms with E-state index in [1.54, 1.807) is 35.2 Å². The lowest BCUT2D eigenvalue weighted by Crippen LogP contribution is -2.46. The molecule has 10 nitrogen and oxygen atoms in total. The fraction of sp³-hybridized carbons (Fsp3) is 0.250. The van der Waals surface area contributed by atoms with E-state index in [4.69, 9.17) is 5.73 Å². The maximum Gasteiger partial charge on any atom is 0.272 e. The molecule has 1 fully saturated rings. The molecule has 4 rings (SSSR count). The molecule has 0 saturated carbocycles. The Kier molecular flexibility index (Phi) is 9.19. The normalized spacial score (nSPS) is 12.8. The van der Waals surface area contributed by atoms with Gasteiger partial charge in [0.2, 0.25) is 5.91 Å². The van der Waals surface area contributed by atoms with Crippen LogP contribution in [0.4, 0.5) is 11.5 Å². The Morgan fingerprint density at radius 2 is 1.86 bits per heavy atom. The van der Waals surface area contributed by atoms with Crippen LogP contribution < -0.4 is 16.4 Å². The molecule has 1 aliphatic rings. The summed E-state index contributed by atoms with van der Waals surface area (Å²) in [6.07, 6.45) is 0. The lowest BCUT2D eigenvalue weighted by atomic mass is 10.1. The van der Waals surface area contributed by atoms with Gasteiger partial charge in [-0.05, 0) is 24.3 Å². The van der Waals surface area contributed by atoms with Crippen LogP contribution in [0.2, 0.25) is 0 Å². The Hall–Kier alpha value is -3.72. The highest BCUT2D eigenvalue weighted by Gasteiger charge is 2.20. The SMILES string of the molecule is CC(=O)Nc1ccc(-c2nc(SCc3cccc(C(=O)N4CCNCC4)n3)nc(N)c2C#N)cc1.Cl. The Labute approximate surface area is 219 Å². The highest BCUT2D eigenvalue weighted by Crippen LogP contribution is 2.29. The fourth-order valence-corrected chi connectivity index (χ4v) is 4.36. The minimum absolute atomic E-state index is 0. The number of nitrogen functional groups attached to an aromatic ring is 1. The summed E-state index contributed by atoms with van der Waals surface area (Å²) in [5, 5.41) is 15.9. The molecule has 3 aromatic rings. The van der Waals surface area contributed by atoms with Gasteiger partial charge in [-0.2, -0.15) is 5.26 Å². The number of amides is 2. The molecule has 2 aromatic heterocycles. The molecule has 4 N–H and O–H groups in total. The van der Waals surface area contributed by atoms with Crippen molar-refractivity contribution in [3.05, 3.63) is 59.4 Å². The molecule has 1 saturated heterocycles. The third-order valence-corrected chi connectivity index (χ3v) is 6.17. The maximum absolute atomic E-state index is 12.8. The van der Waals surface area contributed by atoms with Gasteiger partial charge in [-0.15, -0.1) is 12.4 Å². The second kappa shape index (κ2) is 12.3. The predicted molar refractivity (Wildman–Crippen MR) is 141 cm³/mol. The number of carbonyl (C=O) groups is 2. The standard InChI is InChI=1S/C24H24N8O2S.ClH/c1-15(33)28-17-7-5-16(6-8-17)21-19(13-25)22(26)31-24(30-21)35-14-18-3-2-4-20(29-18)23(34)32-11-9-27-10-12-32;/h2-8,27H,9-12,14H2,1H3,(H,28,33)(H2,26,30,31);1H. The third-order valence-electron chi connectivity index (χ3n) is 5.29. The average molecular weight is 525 g/mol. The van der Waals surface area contributed by atoms with Crippen molar-refractivity contribution in [3.63, 3.8) is 0 Å². The number of nitrogens with one attached hydrogen (secondary N) is 2. The summed E-state index contributed by atoms with van der Waals surface area (Å²) in [5.74, 6) is 0.256. The van der Waals surface area contributed by atoms with Gasteiger partial charge < -0.3 is 21.3 Å². The van der Waals surface area contributed by atoms with Crippen molar-refractivity contribution in [1.29, 1.82) is 5.26 Å². The van der Waals surface area contributed by atoms with Gasteiger partial charge in [-0.1, -0.05) is 30.0 Å². The average Bonchev–Trinajstić information content (AvgIpc) is 2.87. The summed E-state index contributed by atoms with van der Waals surface area (Å²) in [5.41, 5.74) is 9.09. The summed E-state index contributed by atoms with van der Waals surface area (Å²) in [7, 11) is 0. The van der Waals surface area contributed by atoms with Crippen molar-refractivity contribution >= 4 is 47.5 Å². The summed E-state index contributed by atoms with van der Waals surface area (Å²) < 4.78 is 0. The van der Waals surface area contributed by atoms with E-state index in [1.165, 1.54) is 18.7 Å². The molecule has 12 heteroatoms. The minimum Gasteiger partial charge on any atom is -0.382 e. The Bertz CT molecular complexity index is 1290. The van der Waals surface area contributed by atoms with Crippen molar-refractivity contribution < 1.29 is 9.59 Å². The lowest BCUT2D eigenvalue weighted by molar-refractivity contribution is -0.114. The maximum atomic E-state index is 12.8. The first-order chi connectivity index (χ1) is 16.9. The number of hydrogen-bond donors (Lipinski definition) is 3. The molecule has 36 heavy (non-hydrogen) atoms. The first-order valence-corrected chi connectivity index (χ1v) is 12.0. The van der Waals surface area contributed by atoms with Gasteiger partial charge in [0.15, 0.2) is 5.16 Å². The quantitative estimate of drug-likeness (QED) is 0.326. The number of aromatic nitrogens is 3. The lowest BCUT2D eigenvalue weighted by Gasteiger charge is -2.27. The molecule has 2 amide bonds. The van der Waals surface area contributed by atoms with E-state index in [2.05, 4.69) is 31.7 Å². The third kappa shape index (κ3) is 6.48. The van der Waals surface area contributed by atoms with Crippen LogP contribution in [0.15, 0.2) is 47.6 Å². The Morgan fingerprint density at radius 3 is 2.53 bits per heavy atom. The predicted octanol–water partition coefficient (Wildman–Crippen LogP) is 2.71. The van der Waals surface area contributed by atoms with E-state index in [-0.39, 0.29) is 35.6 Å². The van der Waals surface area contributed by atoms with E-state index >= 15 is 0 Å². The topological polar surface area (TPSA) is 150 Å². The fourth-order valence-electron chi connectivity index (χ4n) is 3.60. The van der Waals surface area contributed by atoms with Crippen LogP contribution in [0.1, 0.15) is 28.7 Å². The number of benzene rings is 1. The molecular weight excluding hydrogens is 500 g/mol. The van der Waals surface area contributed by atoms with Gasteiger partial charge in [0.1, 0.15) is 23.1 Å². The van der Waals surface area contributed by atoms with Gasteiger partial charge in [0, 0.05) is 50.1 Å². The minimum atomic E-state index is -0.173. The molecule has 1 aliphatic heterocycles. The highest BCUT2D eigenvalue weighted by molar-refractivity contribution is 7.98. The Balaban J connectivity index is 0.00000361. The highest BCUT2D eigenvalue weighted by atomic mass is 35.5. The summed E-state index contributed by atoms with van der Waals surface area (Å²) in [6.45, 7) is 4.30. The second-order valence-corrected chi connectivity index (χ2v) is 8.77. The summed E-state index contributed by atoms with van der Waals surface area (Å²) >= 11 is 1.32. The molecule has 0 unspecified atom stereocenters. The van der Waals surface area contributed by atoms with Crippen LogP contribution >= 0.6 is 24.2 Å². The van der Waals surface area contributed by atoms with Crippen LogP contribution in [0, 0.1) is 11.3 Å². The summed E-state index contributed by atoms with van der Waals surface area (Å²) in [6, 6.07) is 14.4.